The first-order chi connectivity index (χ1) is 22.7. The summed E-state index contributed by atoms with van der Waals surface area (Å²) in [4.78, 5) is 0. The van der Waals surface area contributed by atoms with Gasteiger partial charge in [0.25, 0.3) is 0 Å². The van der Waals surface area contributed by atoms with Gasteiger partial charge in [-0.25, -0.2) is 0 Å². The fourth-order valence-corrected chi connectivity index (χ4v) is 7.34. The Morgan fingerprint density at radius 1 is 0.435 bits per heavy atom. The predicted octanol–water partition coefficient (Wildman–Crippen LogP) is 14.7. The maximum absolute atomic E-state index is 6.81. The summed E-state index contributed by atoms with van der Waals surface area (Å²) in [6.45, 7) is 6.87. The summed E-state index contributed by atoms with van der Waals surface area (Å²) in [5, 5.41) is 0. The summed E-state index contributed by atoms with van der Waals surface area (Å²) in [6.07, 6.45) is 56.7. The first kappa shape index (κ1) is 41.1. The second-order valence-electron chi connectivity index (χ2n) is 14.6. The Labute approximate surface area is 288 Å². The monoisotopic (exact) mass is 639 g/mol. The highest BCUT2D eigenvalue weighted by Gasteiger charge is 2.50. The minimum absolute atomic E-state index is 0.279. The Hall–Kier alpha value is -1.12. The minimum atomic E-state index is -0.279. The number of allylic oxidation sites excluding steroid dienone is 8. The van der Waals surface area contributed by atoms with E-state index in [1.807, 2.05) is 0 Å². The standard InChI is InChI=1S/C44H78O2/c1-4-7-9-11-13-15-17-19-21-23-25-27-29-31-33-35-37-44(45-42-39-41(6-3)40-43(42)46-44)38-36-34-32-30-28-26-24-22-20-18-16-14-12-10-8-5-2/h13-16,19-22,41-43H,4-12,17-18,23-40H2,1-3H3/b15-13-,16-14-,21-19-,22-20-/t41?,42-,43+. The van der Waals surface area contributed by atoms with Gasteiger partial charge in [0.1, 0.15) is 0 Å². The quantitative estimate of drug-likeness (QED) is 0.0555. The van der Waals surface area contributed by atoms with Crippen molar-refractivity contribution in [2.75, 3.05) is 0 Å². The summed E-state index contributed by atoms with van der Waals surface area (Å²) in [7, 11) is 0. The molecule has 0 radical (unpaired) electrons. The van der Waals surface area contributed by atoms with Gasteiger partial charge in [-0.1, -0.05) is 153 Å². The molecule has 0 N–H and O–H groups in total. The van der Waals surface area contributed by atoms with Crippen LogP contribution < -0.4 is 0 Å². The molecule has 1 aliphatic heterocycles. The molecule has 1 saturated heterocycles. The number of fused-ring (bicyclic) bond motifs is 1. The van der Waals surface area contributed by atoms with Crippen LogP contribution in [0.25, 0.3) is 0 Å². The molecule has 2 rings (SSSR count). The molecule has 1 heterocycles. The van der Waals surface area contributed by atoms with Crippen LogP contribution in [-0.2, 0) is 9.47 Å². The van der Waals surface area contributed by atoms with Gasteiger partial charge in [-0.05, 0) is 95.8 Å². The Kier molecular flexibility index (Phi) is 25.7. The minimum Gasteiger partial charge on any atom is -0.344 e. The molecule has 0 spiro atoms. The second-order valence-corrected chi connectivity index (χ2v) is 14.6. The van der Waals surface area contributed by atoms with E-state index in [9.17, 15) is 0 Å². The third-order valence-corrected chi connectivity index (χ3v) is 10.4. The summed E-state index contributed by atoms with van der Waals surface area (Å²) in [6, 6.07) is 0. The van der Waals surface area contributed by atoms with Gasteiger partial charge in [0.15, 0.2) is 5.79 Å². The maximum Gasteiger partial charge on any atom is 0.169 e. The van der Waals surface area contributed by atoms with Crippen LogP contribution in [0.15, 0.2) is 48.6 Å². The molecule has 2 fully saturated rings. The Morgan fingerprint density at radius 2 is 0.783 bits per heavy atom. The van der Waals surface area contributed by atoms with Gasteiger partial charge in [0.2, 0.25) is 0 Å². The molecule has 1 unspecified atom stereocenters. The molecule has 3 atom stereocenters. The lowest BCUT2D eigenvalue weighted by Crippen LogP contribution is -2.32. The first-order valence-corrected chi connectivity index (χ1v) is 20.7. The van der Waals surface area contributed by atoms with Crippen molar-refractivity contribution in [3.8, 4) is 0 Å². The number of ether oxygens (including phenoxy) is 2. The number of hydrogen-bond acceptors (Lipinski definition) is 2. The van der Waals surface area contributed by atoms with E-state index in [1.165, 1.54) is 161 Å². The summed E-state index contributed by atoms with van der Waals surface area (Å²) >= 11 is 0. The fraction of sp³-hybridized carbons (Fsp3) is 0.818. The van der Waals surface area contributed by atoms with Crippen LogP contribution in [-0.4, -0.2) is 18.0 Å². The van der Waals surface area contributed by atoms with Crippen molar-refractivity contribution in [1.82, 2.24) is 0 Å². The molecular weight excluding hydrogens is 560 g/mol. The van der Waals surface area contributed by atoms with E-state index in [1.54, 1.807) is 0 Å². The normalized spacial score (nSPS) is 21.2. The van der Waals surface area contributed by atoms with Crippen LogP contribution in [0.3, 0.4) is 0 Å². The molecular formula is C44H78O2. The third kappa shape index (κ3) is 20.3. The van der Waals surface area contributed by atoms with Crippen molar-refractivity contribution >= 4 is 0 Å². The maximum atomic E-state index is 6.81. The summed E-state index contributed by atoms with van der Waals surface area (Å²) < 4.78 is 13.6. The molecule has 0 bridgehead atoms. The Balaban J connectivity index is 1.52. The van der Waals surface area contributed by atoms with Crippen molar-refractivity contribution in [3.63, 3.8) is 0 Å². The molecule has 1 saturated carbocycles. The lowest BCUT2D eigenvalue weighted by molar-refractivity contribution is -0.192. The van der Waals surface area contributed by atoms with Crippen molar-refractivity contribution < 1.29 is 9.47 Å². The summed E-state index contributed by atoms with van der Waals surface area (Å²) in [5.74, 6) is 0.523. The summed E-state index contributed by atoms with van der Waals surface area (Å²) in [5.41, 5.74) is 0. The zero-order chi connectivity index (χ0) is 32.8. The molecule has 0 aromatic carbocycles. The van der Waals surface area contributed by atoms with Crippen LogP contribution in [0.5, 0.6) is 0 Å². The molecule has 266 valence electrons. The zero-order valence-corrected chi connectivity index (χ0v) is 31.2. The van der Waals surface area contributed by atoms with Crippen molar-refractivity contribution in [3.05, 3.63) is 48.6 Å². The van der Waals surface area contributed by atoms with Gasteiger partial charge in [-0.3, -0.25) is 0 Å². The number of unbranched alkanes of at least 4 members (excludes halogenated alkanes) is 18. The molecule has 2 heteroatoms. The Morgan fingerprint density at radius 3 is 1.15 bits per heavy atom. The van der Waals surface area contributed by atoms with Crippen molar-refractivity contribution in [1.29, 1.82) is 0 Å². The molecule has 0 aromatic heterocycles. The van der Waals surface area contributed by atoms with Gasteiger partial charge < -0.3 is 9.47 Å². The third-order valence-electron chi connectivity index (χ3n) is 10.4. The van der Waals surface area contributed by atoms with Gasteiger partial charge in [0.05, 0.1) is 12.2 Å². The van der Waals surface area contributed by atoms with Crippen LogP contribution in [0.2, 0.25) is 0 Å². The first-order valence-electron chi connectivity index (χ1n) is 20.7. The predicted molar refractivity (Wildman–Crippen MR) is 203 cm³/mol. The van der Waals surface area contributed by atoms with Crippen molar-refractivity contribution in [2.45, 2.75) is 225 Å². The molecule has 2 nitrogen and oxygen atoms in total. The smallest absolute Gasteiger partial charge is 0.169 e. The van der Waals surface area contributed by atoms with Gasteiger partial charge in [-0.2, -0.15) is 0 Å². The lowest BCUT2D eigenvalue weighted by Gasteiger charge is -2.30. The van der Waals surface area contributed by atoms with Gasteiger partial charge in [0, 0.05) is 12.8 Å². The topological polar surface area (TPSA) is 18.5 Å². The number of rotatable bonds is 31. The highest BCUT2D eigenvalue weighted by molar-refractivity contribution is 4.95. The molecule has 0 amide bonds. The van der Waals surface area contributed by atoms with Gasteiger partial charge in [-0.15, -0.1) is 0 Å². The molecule has 0 aromatic rings. The van der Waals surface area contributed by atoms with E-state index in [4.69, 9.17) is 9.47 Å². The van der Waals surface area contributed by atoms with Crippen LogP contribution in [0, 0.1) is 5.92 Å². The van der Waals surface area contributed by atoms with Gasteiger partial charge >= 0.3 is 0 Å². The van der Waals surface area contributed by atoms with Crippen LogP contribution in [0.4, 0.5) is 0 Å². The molecule has 2 aliphatic rings. The second kappa shape index (κ2) is 28.9. The molecule has 46 heavy (non-hydrogen) atoms. The lowest BCUT2D eigenvalue weighted by atomic mass is 9.98. The van der Waals surface area contributed by atoms with E-state index in [0.717, 1.165) is 31.6 Å². The highest BCUT2D eigenvalue weighted by Crippen LogP contribution is 2.46. The van der Waals surface area contributed by atoms with Crippen molar-refractivity contribution in [2.24, 2.45) is 5.92 Å². The Bertz CT molecular complexity index is 728. The van der Waals surface area contributed by atoms with Crippen LogP contribution >= 0.6 is 0 Å². The van der Waals surface area contributed by atoms with E-state index in [2.05, 4.69) is 69.4 Å². The zero-order valence-electron chi connectivity index (χ0n) is 31.2. The highest BCUT2D eigenvalue weighted by atomic mass is 16.8. The fourth-order valence-electron chi connectivity index (χ4n) is 7.34. The SMILES string of the molecule is CCCCC/C=C\C/C=C\CCCCCCCCC1(CCCCCCCC/C=C\C/C=C\CCCCC)O[C@H]2CC(CC)C[C@H]2O1. The van der Waals surface area contributed by atoms with Crippen LogP contribution in [0.1, 0.15) is 207 Å². The van der Waals surface area contributed by atoms with E-state index in [0.29, 0.717) is 12.2 Å². The number of hydrogen-bond donors (Lipinski definition) is 0. The average molecular weight is 639 g/mol. The average Bonchev–Trinajstić information content (AvgIpc) is 3.60. The largest absolute Gasteiger partial charge is 0.344 e. The van der Waals surface area contributed by atoms with E-state index >= 15 is 0 Å². The van der Waals surface area contributed by atoms with E-state index < -0.39 is 0 Å². The van der Waals surface area contributed by atoms with E-state index in [-0.39, 0.29) is 5.79 Å². The molecule has 1 aliphatic carbocycles.